The van der Waals surface area contributed by atoms with Gasteiger partial charge >= 0.3 is 0 Å². The second-order valence-corrected chi connectivity index (χ2v) is 10.7. The molecule has 1 amide bonds. The van der Waals surface area contributed by atoms with E-state index in [4.69, 9.17) is 23.2 Å². The van der Waals surface area contributed by atoms with Crippen molar-refractivity contribution < 1.29 is 13.2 Å². The van der Waals surface area contributed by atoms with E-state index in [1.54, 1.807) is 37.3 Å². The number of carbonyl (C=O) groups excluding carboxylic acids is 1. The van der Waals surface area contributed by atoms with Crippen LogP contribution in [0.5, 0.6) is 0 Å². The van der Waals surface area contributed by atoms with Crippen LogP contribution in [0.15, 0.2) is 47.4 Å². The standard InChI is InChI=1S/C22H27Cl2N3O3S/c1-15(2)17-7-9-18(10-8-17)31(29,30)27-13-11-26(12-14-27)16(3)22(28)25-20-6-4-5-19(23)21(20)24/h4-10,15-16H,11-14H2,1-3H3,(H,25,28)/t16-/m1/s1. The largest absolute Gasteiger partial charge is 0.323 e. The topological polar surface area (TPSA) is 69.7 Å². The normalized spacial score (nSPS) is 17.0. The van der Waals surface area contributed by atoms with Crippen molar-refractivity contribution >= 4 is 44.8 Å². The first-order valence-electron chi connectivity index (χ1n) is 10.2. The summed E-state index contributed by atoms with van der Waals surface area (Å²) in [5, 5.41) is 3.46. The number of sulfonamides is 1. The van der Waals surface area contributed by atoms with Crippen LogP contribution in [0.2, 0.25) is 10.0 Å². The highest BCUT2D eigenvalue weighted by molar-refractivity contribution is 7.89. The molecule has 168 valence electrons. The quantitative estimate of drug-likeness (QED) is 0.658. The lowest BCUT2D eigenvalue weighted by molar-refractivity contribution is -0.121. The Morgan fingerprint density at radius 3 is 2.16 bits per heavy atom. The highest BCUT2D eigenvalue weighted by Crippen LogP contribution is 2.30. The van der Waals surface area contributed by atoms with Crippen LogP contribution in [-0.4, -0.2) is 55.8 Å². The number of piperazine rings is 1. The monoisotopic (exact) mass is 483 g/mol. The van der Waals surface area contributed by atoms with E-state index >= 15 is 0 Å². The number of carbonyl (C=O) groups is 1. The summed E-state index contributed by atoms with van der Waals surface area (Å²) in [5.41, 5.74) is 1.56. The average Bonchev–Trinajstić information content (AvgIpc) is 2.76. The summed E-state index contributed by atoms with van der Waals surface area (Å²) in [5.74, 6) is 0.125. The number of amides is 1. The second-order valence-electron chi connectivity index (χ2n) is 7.93. The first-order chi connectivity index (χ1) is 14.6. The number of halogens is 2. The van der Waals surface area contributed by atoms with Crippen molar-refractivity contribution in [2.45, 2.75) is 37.6 Å². The second kappa shape index (κ2) is 9.88. The fourth-order valence-electron chi connectivity index (χ4n) is 3.51. The van der Waals surface area contributed by atoms with Gasteiger partial charge in [0.15, 0.2) is 0 Å². The lowest BCUT2D eigenvalue weighted by Gasteiger charge is -2.36. The van der Waals surface area contributed by atoms with Crippen LogP contribution < -0.4 is 5.32 Å². The summed E-state index contributed by atoms with van der Waals surface area (Å²) in [7, 11) is -3.56. The van der Waals surface area contributed by atoms with E-state index in [0.29, 0.717) is 52.7 Å². The zero-order valence-electron chi connectivity index (χ0n) is 17.8. The van der Waals surface area contributed by atoms with Gasteiger partial charge in [0.05, 0.1) is 26.7 Å². The molecule has 0 saturated carbocycles. The van der Waals surface area contributed by atoms with Crippen LogP contribution >= 0.6 is 23.2 Å². The number of hydrogen-bond acceptors (Lipinski definition) is 4. The Labute approximate surface area is 194 Å². The molecule has 2 aromatic carbocycles. The zero-order chi connectivity index (χ0) is 22.8. The summed E-state index contributed by atoms with van der Waals surface area (Å²) < 4.78 is 27.5. The number of benzene rings is 2. The van der Waals surface area contributed by atoms with Gasteiger partial charge < -0.3 is 5.32 Å². The molecule has 0 aliphatic carbocycles. The lowest BCUT2D eigenvalue weighted by atomic mass is 10.0. The van der Waals surface area contributed by atoms with Crippen molar-refractivity contribution in [2.24, 2.45) is 0 Å². The Hall–Kier alpha value is -1.64. The van der Waals surface area contributed by atoms with Crippen LogP contribution in [-0.2, 0) is 14.8 Å². The van der Waals surface area contributed by atoms with Crippen LogP contribution in [0.3, 0.4) is 0 Å². The summed E-state index contributed by atoms with van der Waals surface area (Å²) >= 11 is 12.2. The predicted molar refractivity (Wildman–Crippen MR) is 125 cm³/mol. The van der Waals surface area contributed by atoms with E-state index in [-0.39, 0.29) is 5.91 Å². The fraction of sp³-hybridized carbons (Fsp3) is 0.409. The third kappa shape index (κ3) is 5.41. The fourth-order valence-corrected chi connectivity index (χ4v) is 5.28. The minimum atomic E-state index is -3.56. The SMILES string of the molecule is CC(C)c1ccc(S(=O)(=O)N2CCN([C@H](C)C(=O)Nc3cccc(Cl)c3Cl)CC2)cc1. The molecule has 0 spiro atoms. The molecule has 1 fully saturated rings. The third-order valence-corrected chi connectivity index (χ3v) is 8.33. The van der Waals surface area contributed by atoms with E-state index in [1.807, 2.05) is 17.0 Å². The molecule has 1 heterocycles. The molecule has 0 bridgehead atoms. The van der Waals surface area contributed by atoms with Crippen LogP contribution in [0.1, 0.15) is 32.3 Å². The number of nitrogens with one attached hydrogen (secondary N) is 1. The molecule has 2 aromatic rings. The van der Waals surface area contributed by atoms with Gasteiger partial charge in [0.2, 0.25) is 15.9 Å². The Morgan fingerprint density at radius 2 is 1.58 bits per heavy atom. The Balaban J connectivity index is 1.61. The van der Waals surface area contributed by atoms with Crippen LogP contribution in [0, 0.1) is 0 Å². The predicted octanol–water partition coefficient (Wildman–Crippen LogP) is 4.45. The van der Waals surface area contributed by atoms with Crippen molar-refractivity contribution in [1.29, 1.82) is 0 Å². The summed E-state index contributed by atoms with van der Waals surface area (Å²) in [6.07, 6.45) is 0. The van der Waals surface area contributed by atoms with E-state index in [9.17, 15) is 13.2 Å². The smallest absolute Gasteiger partial charge is 0.243 e. The molecule has 3 rings (SSSR count). The minimum Gasteiger partial charge on any atom is -0.323 e. The van der Waals surface area contributed by atoms with Gasteiger partial charge in [0.1, 0.15) is 0 Å². The van der Waals surface area contributed by atoms with Crippen molar-refractivity contribution in [3.05, 3.63) is 58.1 Å². The van der Waals surface area contributed by atoms with Gasteiger partial charge in [-0.15, -0.1) is 0 Å². The molecule has 1 saturated heterocycles. The third-order valence-electron chi connectivity index (χ3n) is 5.59. The molecule has 9 heteroatoms. The van der Waals surface area contributed by atoms with Gasteiger partial charge in [-0.3, -0.25) is 9.69 Å². The van der Waals surface area contributed by atoms with Gasteiger partial charge in [0, 0.05) is 26.2 Å². The molecule has 1 N–H and O–H groups in total. The molecule has 1 aliphatic rings. The van der Waals surface area contributed by atoms with E-state index in [2.05, 4.69) is 19.2 Å². The minimum absolute atomic E-state index is 0.218. The Morgan fingerprint density at radius 1 is 0.968 bits per heavy atom. The van der Waals surface area contributed by atoms with Gasteiger partial charge in [-0.2, -0.15) is 4.31 Å². The number of hydrogen-bond donors (Lipinski definition) is 1. The summed E-state index contributed by atoms with van der Waals surface area (Å²) in [6.45, 7) is 7.50. The average molecular weight is 484 g/mol. The van der Waals surface area contributed by atoms with Crippen LogP contribution in [0.25, 0.3) is 0 Å². The molecule has 6 nitrogen and oxygen atoms in total. The molecule has 1 aliphatic heterocycles. The van der Waals surface area contributed by atoms with Crippen molar-refractivity contribution in [3.63, 3.8) is 0 Å². The molecular weight excluding hydrogens is 457 g/mol. The maximum atomic E-state index is 13.0. The molecule has 0 aromatic heterocycles. The molecule has 31 heavy (non-hydrogen) atoms. The van der Waals surface area contributed by atoms with Gasteiger partial charge in [-0.1, -0.05) is 55.2 Å². The highest BCUT2D eigenvalue weighted by Gasteiger charge is 2.32. The first-order valence-corrected chi connectivity index (χ1v) is 12.4. The summed E-state index contributed by atoms with van der Waals surface area (Å²) in [6, 6.07) is 11.7. The van der Waals surface area contributed by atoms with Crippen molar-refractivity contribution in [3.8, 4) is 0 Å². The van der Waals surface area contributed by atoms with Crippen molar-refractivity contribution in [2.75, 3.05) is 31.5 Å². The van der Waals surface area contributed by atoms with Gasteiger partial charge in [0.25, 0.3) is 0 Å². The van der Waals surface area contributed by atoms with E-state index in [1.165, 1.54) is 4.31 Å². The lowest BCUT2D eigenvalue weighted by Crippen LogP contribution is -2.53. The zero-order valence-corrected chi connectivity index (χ0v) is 20.1. The van der Waals surface area contributed by atoms with Crippen molar-refractivity contribution in [1.82, 2.24) is 9.21 Å². The van der Waals surface area contributed by atoms with E-state index < -0.39 is 16.1 Å². The maximum absolute atomic E-state index is 13.0. The van der Waals surface area contributed by atoms with E-state index in [0.717, 1.165) is 5.56 Å². The molecule has 1 atom stereocenters. The first kappa shape index (κ1) is 24.0. The molecule has 0 unspecified atom stereocenters. The number of anilines is 1. The summed E-state index contributed by atoms with van der Waals surface area (Å²) in [4.78, 5) is 14.9. The highest BCUT2D eigenvalue weighted by atomic mass is 35.5. The Kier molecular flexibility index (Phi) is 7.65. The maximum Gasteiger partial charge on any atom is 0.243 e. The van der Waals surface area contributed by atoms with Gasteiger partial charge in [-0.25, -0.2) is 8.42 Å². The molecular formula is C22H27Cl2N3O3S. The Bertz CT molecular complexity index is 1030. The van der Waals surface area contributed by atoms with Crippen LogP contribution in [0.4, 0.5) is 5.69 Å². The molecule has 0 radical (unpaired) electrons. The number of nitrogens with zero attached hydrogens (tertiary/aromatic N) is 2. The van der Waals surface area contributed by atoms with Gasteiger partial charge in [-0.05, 0) is 42.7 Å². The number of rotatable bonds is 6.